The molecule has 1 amide bonds. The molecule has 21 heavy (non-hydrogen) atoms. The lowest BCUT2D eigenvalue weighted by Gasteiger charge is -2.23. The summed E-state index contributed by atoms with van der Waals surface area (Å²) in [6.07, 6.45) is 4.12. The molecule has 1 aromatic carbocycles. The number of nitrogens with one attached hydrogen (secondary N) is 1. The Morgan fingerprint density at radius 2 is 2.10 bits per heavy atom. The van der Waals surface area contributed by atoms with Crippen molar-refractivity contribution in [3.63, 3.8) is 0 Å². The summed E-state index contributed by atoms with van der Waals surface area (Å²) in [5, 5.41) is 3.42. The van der Waals surface area contributed by atoms with Gasteiger partial charge in [-0.15, -0.1) is 12.4 Å². The van der Waals surface area contributed by atoms with Crippen molar-refractivity contribution in [2.45, 2.75) is 50.6 Å². The molecule has 4 heteroatoms. The zero-order valence-electron chi connectivity index (χ0n) is 12.6. The van der Waals surface area contributed by atoms with E-state index in [-0.39, 0.29) is 12.4 Å². The minimum Gasteiger partial charge on any atom is -0.339 e. The van der Waals surface area contributed by atoms with Gasteiger partial charge in [0.05, 0.1) is 0 Å². The predicted molar refractivity (Wildman–Crippen MR) is 87.9 cm³/mol. The first kappa shape index (κ1) is 16.3. The van der Waals surface area contributed by atoms with Crippen molar-refractivity contribution in [3.05, 3.63) is 35.9 Å². The highest BCUT2D eigenvalue weighted by Crippen LogP contribution is 2.32. The van der Waals surface area contributed by atoms with Crippen LogP contribution in [0, 0.1) is 0 Å². The molecule has 0 radical (unpaired) electrons. The maximum absolute atomic E-state index is 12.5. The van der Waals surface area contributed by atoms with Crippen LogP contribution in [0.4, 0.5) is 0 Å². The third kappa shape index (κ3) is 3.78. The number of nitrogens with zero attached hydrogens (tertiary/aromatic N) is 1. The molecule has 0 aromatic heterocycles. The SMILES string of the molecule is CC1CC(c2ccccc2)CN1C(=O)CC1CCCN1.Cl. The molecule has 2 heterocycles. The molecule has 3 atom stereocenters. The van der Waals surface area contributed by atoms with Crippen LogP contribution in [0.1, 0.15) is 44.1 Å². The number of hydrogen-bond acceptors (Lipinski definition) is 2. The summed E-state index contributed by atoms with van der Waals surface area (Å²) in [5.41, 5.74) is 1.37. The van der Waals surface area contributed by atoms with Crippen LogP contribution >= 0.6 is 12.4 Å². The van der Waals surface area contributed by atoms with Gasteiger partial charge in [-0.1, -0.05) is 30.3 Å². The lowest BCUT2D eigenvalue weighted by molar-refractivity contribution is -0.132. The quantitative estimate of drug-likeness (QED) is 0.931. The fourth-order valence-electron chi connectivity index (χ4n) is 3.60. The molecule has 3 nitrogen and oxygen atoms in total. The van der Waals surface area contributed by atoms with Crippen LogP contribution in [0.25, 0.3) is 0 Å². The number of carbonyl (C=O) groups excluding carboxylic acids is 1. The van der Waals surface area contributed by atoms with Gasteiger partial charge in [-0.3, -0.25) is 4.79 Å². The Morgan fingerprint density at radius 3 is 2.76 bits per heavy atom. The molecule has 1 aromatic rings. The molecule has 2 fully saturated rings. The summed E-state index contributed by atoms with van der Waals surface area (Å²) >= 11 is 0. The largest absolute Gasteiger partial charge is 0.339 e. The highest BCUT2D eigenvalue weighted by atomic mass is 35.5. The van der Waals surface area contributed by atoms with Crippen LogP contribution < -0.4 is 5.32 Å². The zero-order chi connectivity index (χ0) is 13.9. The third-order valence-electron chi connectivity index (χ3n) is 4.75. The summed E-state index contributed by atoms with van der Waals surface area (Å²) in [6, 6.07) is 11.4. The van der Waals surface area contributed by atoms with Gasteiger partial charge >= 0.3 is 0 Å². The van der Waals surface area contributed by atoms with Crippen LogP contribution in [-0.2, 0) is 4.79 Å². The number of amides is 1. The van der Waals surface area contributed by atoms with E-state index in [9.17, 15) is 4.79 Å². The van der Waals surface area contributed by atoms with Crippen LogP contribution in [-0.4, -0.2) is 36.0 Å². The highest BCUT2D eigenvalue weighted by molar-refractivity contribution is 5.85. The van der Waals surface area contributed by atoms with Crippen molar-refractivity contribution < 1.29 is 4.79 Å². The number of benzene rings is 1. The normalized spacial score (nSPS) is 28.4. The first-order valence-corrected chi connectivity index (χ1v) is 7.82. The van der Waals surface area contributed by atoms with E-state index < -0.39 is 0 Å². The van der Waals surface area contributed by atoms with Gasteiger partial charge in [-0.05, 0) is 38.3 Å². The Bertz CT molecular complexity index is 459. The van der Waals surface area contributed by atoms with Gasteiger partial charge in [0.25, 0.3) is 0 Å². The first-order valence-electron chi connectivity index (χ1n) is 7.82. The average Bonchev–Trinajstić information content (AvgIpc) is 3.09. The predicted octanol–water partition coefficient (Wildman–Crippen LogP) is 2.95. The van der Waals surface area contributed by atoms with Crippen LogP contribution in [0.3, 0.4) is 0 Å². The van der Waals surface area contributed by atoms with E-state index in [1.54, 1.807) is 0 Å². The lowest BCUT2D eigenvalue weighted by atomic mass is 9.97. The Morgan fingerprint density at radius 1 is 1.33 bits per heavy atom. The number of halogens is 1. The van der Waals surface area contributed by atoms with E-state index in [0.29, 0.717) is 30.3 Å². The summed E-state index contributed by atoms with van der Waals surface area (Å²) < 4.78 is 0. The van der Waals surface area contributed by atoms with E-state index in [0.717, 1.165) is 25.9 Å². The Kier molecular flexibility index (Phi) is 5.65. The third-order valence-corrected chi connectivity index (χ3v) is 4.75. The van der Waals surface area contributed by atoms with E-state index in [4.69, 9.17) is 0 Å². The average molecular weight is 309 g/mol. The molecule has 3 unspecified atom stereocenters. The van der Waals surface area contributed by atoms with E-state index >= 15 is 0 Å². The summed E-state index contributed by atoms with van der Waals surface area (Å²) in [5.74, 6) is 0.835. The molecule has 0 saturated carbocycles. The van der Waals surface area contributed by atoms with Crippen molar-refractivity contribution in [1.82, 2.24) is 10.2 Å². The minimum atomic E-state index is 0. The molecule has 1 N–H and O–H groups in total. The van der Waals surface area contributed by atoms with Gasteiger partial charge in [-0.25, -0.2) is 0 Å². The summed E-state index contributed by atoms with van der Waals surface area (Å²) in [4.78, 5) is 14.6. The van der Waals surface area contributed by atoms with Crippen molar-refractivity contribution >= 4 is 18.3 Å². The monoisotopic (exact) mass is 308 g/mol. The maximum Gasteiger partial charge on any atom is 0.224 e. The van der Waals surface area contributed by atoms with Crippen LogP contribution in [0.2, 0.25) is 0 Å². The zero-order valence-corrected chi connectivity index (χ0v) is 13.4. The van der Waals surface area contributed by atoms with Gasteiger partial charge < -0.3 is 10.2 Å². The molecule has 0 spiro atoms. The van der Waals surface area contributed by atoms with Gasteiger partial charge in [-0.2, -0.15) is 0 Å². The first-order chi connectivity index (χ1) is 9.74. The molecule has 2 aliphatic rings. The van der Waals surface area contributed by atoms with E-state index in [2.05, 4.69) is 47.5 Å². The molecule has 3 rings (SSSR count). The highest BCUT2D eigenvalue weighted by Gasteiger charge is 2.34. The molecule has 0 bridgehead atoms. The molecule has 0 aliphatic carbocycles. The van der Waals surface area contributed by atoms with Crippen LogP contribution in [0.5, 0.6) is 0 Å². The Balaban J connectivity index is 0.00000161. The molecular formula is C17H25ClN2O. The second-order valence-corrected chi connectivity index (χ2v) is 6.24. The Hall–Kier alpha value is -1.06. The van der Waals surface area contributed by atoms with Gasteiger partial charge in [0.2, 0.25) is 5.91 Å². The molecule has 2 aliphatic heterocycles. The van der Waals surface area contributed by atoms with Crippen LogP contribution in [0.15, 0.2) is 30.3 Å². The van der Waals surface area contributed by atoms with Gasteiger partial charge in [0.15, 0.2) is 0 Å². The number of carbonyl (C=O) groups is 1. The smallest absolute Gasteiger partial charge is 0.224 e. The van der Waals surface area contributed by atoms with E-state index in [1.165, 1.54) is 12.0 Å². The topological polar surface area (TPSA) is 32.3 Å². The van der Waals surface area contributed by atoms with E-state index in [1.807, 2.05) is 0 Å². The fourth-order valence-corrected chi connectivity index (χ4v) is 3.60. The summed E-state index contributed by atoms with van der Waals surface area (Å²) in [7, 11) is 0. The number of rotatable bonds is 3. The molecule has 116 valence electrons. The lowest BCUT2D eigenvalue weighted by Crippen LogP contribution is -2.37. The van der Waals surface area contributed by atoms with Crippen molar-refractivity contribution in [1.29, 1.82) is 0 Å². The fraction of sp³-hybridized carbons (Fsp3) is 0.588. The number of hydrogen-bond donors (Lipinski definition) is 1. The number of likely N-dealkylation sites (tertiary alicyclic amines) is 1. The maximum atomic E-state index is 12.5. The standard InChI is InChI=1S/C17H24N2O.ClH/c1-13-10-15(14-6-3-2-4-7-14)12-19(13)17(20)11-16-8-5-9-18-16;/h2-4,6-7,13,15-16,18H,5,8-12H2,1H3;1H. The van der Waals surface area contributed by atoms with Gasteiger partial charge in [0, 0.05) is 31.0 Å². The Labute approximate surface area is 133 Å². The van der Waals surface area contributed by atoms with Crippen molar-refractivity contribution in [2.75, 3.05) is 13.1 Å². The second kappa shape index (κ2) is 7.28. The second-order valence-electron chi connectivity index (χ2n) is 6.24. The minimum absolute atomic E-state index is 0. The van der Waals surface area contributed by atoms with Crippen molar-refractivity contribution in [2.24, 2.45) is 0 Å². The summed E-state index contributed by atoms with van der Waals surface area (Å²) in [6.45, 7) is 4.14. The molecular weight excluding hydrogens is 284 g/mol. The molecule has 2 saturated heterocycles. The van der Waals surface area contributed by atoms with Gasteiger partial charge in [0.1, 0.15) is 0 Å². The van der Waals surface area contributed by atoms with Crippen molar-refractivity contribution in [3.8, 4) is 0 Å².